The molecule has 9 nitrogen and oxygen atoms in total. The second-order valence-corrected chi connectivity index (χ2v) is 7.27. The number of piperazine rings is 1. The highest BCUT2D eigenvalue weighted by molar-refractivity contribution is 6.04. The first kappa shape index (κ1) is 20.4. The molecule has 0 bridgehead atoms. The Morgan fingerprint density at radius 3 is 2.52 bits per heavy atom. The van der Waals surface area contributed by atoms with Crippen LogP contribution in [0.3, 0.4) is 0 Å². The van der Waals surface area contributed by atoms with E-state index in [0.717, 1.165) is 38.5 Å². The molecule has 0 unspecified atom stereocenters. The van der Waals surface area contributed by atoms with Crippen LogP contribution in [-0.2, 0) is 6.54 Å². The number of carbonyl (C=O) groups is 1. The van der Waals surface area contributed by atoms with E-state index in [-0.39, 0.29) is 11.3 Å². The Balaban J connectivity index is 1.37. The molecule has 9 heteroatoms. The lowest BCUT2D eigenvalue weighted by atomic mass is 10.2. The quantitative estimate of drug-likeness (QED) is 0.485. The smallest absolute Gasteiger partial charge is 0.270 e. The van der Waals surface area contributed by atoms with Crippen LogP contribution < -0.4 is 10.2 Å². The second-order valence-electron chi connectivity index (χ2n) is 7.27. The zero-order valence-electron chi connectivity index (χ0n) is 16.8. The number of anilines is 2. The first-order valence-corrected chi connectivity index (χ1v) is 9.97. The van der Waals surface area contributed by atoms with E-state index in [9.17, 15) is 14.9 Å². The number of hydrogen-bond acceptors (Lipinski definition) is 7. The lowest BCUT2D eigenvalue weighted by Crippen LogP contribution is -2.46. The van der Waals surface area contributed by atoms with Crippen LogP contribution in [0, 0.1) is 10.1 Å². The predicted molar refractivity (Wildman–Crippen MR) is 117 cm³/mol. The average molecular weight is 418 g/mol. The molecule has 1 aromatic heterocycles. The molecule has 1 fully saturated rings. The maximum absolute atomic E-state index is 12.5. The Hall–Kier alpha value is -3.85. The van der Waals surface area contributed by atoms with Gasteiger partial charge in [0.15, 0.2) is 0 Å². The Labute approximate surface area is 179 Å². The molecule has 0 radical (unpaired) electrons. The van der Waals surface area contributed by atoms with Crippen molar-refractivity contribution >= 4 is 23.2 Å². The molecule has 1 saturated heterocycles. The minimum absolute atomic E-state index is 0.135. The number of amides is 1. The van der Waals surface area contributed by atoms with Crippen molar-refractivity contribution in [3.05, 3.63) is 88.2 Å². The Bertz CT molecular complexity index is 1070. The number of non-ortho nitro benzene ring substituents is 1. The molecule has 1 aliphatic heterocycles. The highest BCUT2D eigenvalue weighted by Gasteiger charge is 2.19. The molecule has 0 atom stereocenters. The van der Waals surface area contributed by atoms with Gasteiger partial charge in [-0.3, -0.25) is 19.8 Å². The third-order valence-electron chi connectivity index (χ3n) is 5.16. The molecule has 2 aromatic carbocycles. The van der Waals surface area contributed by atoms with Gasteiger partial charge in [0.1, 0.15) is 18.0 Å². The van der Waals surface area contributed by atoms with Crippen molar-refractivity contribution in [1.82, 2.24) is 14.9 Å². The van der Waals surface area contributed by atoms with Gasteiger partial charge < -0.3 is 10.2 Å². The van der Waals surface area contributed by atoms with E-state index in [1.807, 2.05) is 6.07 Å². The van der Waals surface area contributed by atoms with Gasteiger partial charge in [0.25, 0.3) is 11.6 Å². The van der Waals surface area contributed by atoms with Crippen LogP contribution in [0.4, 0.5) is 17.3 Å². The first-order chi connectivity index (χ1) is 15.1. The zero-order chi connectivity index (χ0) is 21.6. The summed E-state index contributed by atoms with van der Waals surface area (Å²) in [6.45, 7) is 4.38. The van der Waals surface area contributed by atoms with E-state index in [0.29, 0.717) is 5.82 Å². The topological polar surface area (TPSA) is 104 Å². The maximum atomic E-state index is 12.5. The molecule has 31 heavy (non-hydrogen) atoms. The summed E-state index contributed by atoms with van der Waals surface area (Å²) >= 11 is 0. The van der Waals surface area contributed by atoms with Crippen molar-refractivity contribution in [3.8, 4) is 0 Å². The van der Waals surface area contributed by atoms with Crippen LogP contribution in [0.1, 0.15) is 15.9 Å². The highest BCUT2D eigenvalue weighted by atomic mass is 16.6. The number of rotatable bonds is 6. The summed E-state index contributed by atoms with van der Waals surface area (Å²) in [6.07, 6.45) is 1.41. The minimum Gasteiger partial charge on any atom is -0.354 e. The van der Waals surface area contributed by atoms with E-state index < -0.39 is 10.8 Å². The van der Waals surface area contributed by atoms with Gasteiger partial charge in [-0.25, -0.2) is 9.97 Å². The molecular formula is C22H22N6O3. The van der Waals surface area contributed by atoms with Crippen LogP contribution in [-0.4, -0.2) is 51.9 Å². The summed E-state index contributed by atoms with van der Waals surface area (Å²) in [7, 11) is 0. The van der Waals surface area contributed by atoms with Crippen molar-refractivity contribution in [2.24, 2.45) is 0 Å². The fourth-order valence-corrected chi connectivity index (χ4v) is 3.51. The summed E-state index contributed by atoms with van der Waals surface area (Å²) in [5.41, 5.74) is 1.36. The molecule has 3 aromatic rings. The zero-order valence-corrected chi connectivity index (χ0v) is 16.8. The SMILES string of the molecule is O=C(Nc1cc(N2CCN(Cc3ccccc3)CC2)ncn1)c1cccc([N+](=O)[O-])c1. The van der Waals surface area contributed by atoms with Gasteiger partial charge in [-0.05, 0) is 11.6 Å². The third-order valence-corrected chi connectivity index (χ3v) is 5.16. The van der Waals surface area contributed by atoms with Crippen LogP contribution in [0.15, 0.2) is 67.0 Å². The second kappa shape index (κ2) is 9.31. The van der Waals surface area contributed by atoms with Crippen LogP contribution in [0.25, 0.3) is 0 Å². The highest BCUT2D eigenvalue weighted by Crippen LogP contribution is 2.19. The van der Waals surface area contributed by atoms with Gasteiger partial charge in [0.05, 0.1) is 4.92 Å². The number of hydrogen-bond donors (Lipinski definition) is 1. The van der Waals surface area contributed by atoms with Crippen molar-refractivity contribution in [1.29, 1.82) is 0 Å². The Morgan fingerprint density at radius 2 is 1.77 bits per heavy atom. The van der Waals surface area contributed by atoms with E-state index in [2.05, 4.69) is 49.4 Å². The molecule has 0 saturated carbocycles. The van der Waals surface area contributed by atoms with E-state index in [4.69, 9.17) is 0 Å². The summed E-state index contributed by atoms with van der Waals surface area (Å²) in [5, 5.41) is 13.6. The average Bonchev–Trinajstić information content (AvgIpc) is 2.80. The standard InChI is InChI=1S/C22H22N6O3/c29-22(18-7-4-8-19(13-18)28(30)31)25-20-14-21(24-16-23-20)27-11-9-26(10-12-27)15-17-5-2-1-3-6-17/h1-8,13-14,16H,9-12,15H2,(H,23,24,25,29). The van der Waals surface area contributed by atoms with E-state index >= 15 is 0 Å². The fraction of sp³-hybridized carbons (Fsp3) is 0.227. The molecule has 1 amide bonds. The molecular weight excluding hydrogens is 396 g/mol. The normalized spacial score (nSPS) is 14.3. The molecule has 0 aliphatic carbocycles. The molecule has 158 valence electrons. The minimum atomic E-state index is -0.531. The number of carbonyl (C=O) groups excluding carboxylic acids is 1. The summed E-state index contributed by atoms with van der Waals surface area (Å²) in [6, 6.07) is 17.7. The lowest BCUT2D eigenvalue weighted by Gasteiger charge is -2.35. The van der Waals surface area contributed by atoms with Gasteiger partial charge in [0.2, 0.25) is 0 Å². The van der Waals surface area contributed by atoms with Gasteiger partial charge in [-0.1, -0.05) is 36.4 Å². The van der Waals surface area contributed by atoms with Gasteiger partial charge in [0, 0.05) is 56.5 Å². The summed E-state index contributed by atoms with van der Waals surface area (Å²) < 4.78 is 0. The molecule has 1 aliphatic rings. The Kier molecular flexibility index (Phi) is 6.13. The van der Waals surface area contributed by atoms with Crippen molar-refractivity contribution < 1.29 is 9.72 Å². The number of nitrogens with one attached hydrogen (secondary N) is 1. The number of nitrogens with zero attached hydrogens (tertiary/aromatic N) is 5. The first-order valence-electron chi connectivity index (χ1n) is 9.97. The van der Waals surface area contributed by atoms with Crippen LogP contribution >= 0.6 is 0 Å². The molecule has 1 N–H and O–H groups in total. The number of benzene rings is 2. The van der Waals surface area contributed by atoms with Crippen LogP contribution in [0.2, 0.25) is 0 Å². The molecule has 2 heterocycles. The fourth-order valence-electron chi connectivity index (χ4n) is 3.51. The van der Waals surface area contributed by atoms with Gasteiger partial charge >= 0.3 is 0 Å². The summed E-state index contributed by atoms with van der Waals surface area (Å²) in [4.78, 5) is 35.9. The third kappa shape index (κ3) is 5.20. The number of nitro groups is 1. The molecule has 4 rings (SSSR count). The summed E-state index contributed by atoms with van der Waals surface area (Å²) in [5.74, 6) is 0.637. The van der Waals surface area contributed by atoms with E-state index in [1.165, 1.54) is 36.2 Å². The van der Waals surface area contributed by atoms with Crippen molar-refractivity contribution in [3.63, 3.8) is 0 Å². The number of nitro benzene ring substituents is 1. The van der Waals surface area contributed by atoms with Gasteiger partial charge in [-0.2, -0.15) is 0 Å². The predicted octanol–water partition coefficient (Wildman–Crippen LogP) is 2.96. The van der Waals surface area contributed by atoms with Gasteiger partial charge in [-0.15, -0.1) is 0 Å². The molecule has 0 spiro atoms. The Morgan fingerprint density at radius 1 is 1.00 bits per heavy atom. The van der Waals surface area contributed by atoms with E-state index in [1.54, 1.807) is 6.07 Å². The monoisotopic (exact) mass is 418 g/mol. The lowest BCUT2D eigenvalue weighted by molar-refractivity contribution is -0.384. The van der Waals surface area contributed by atoms with Crippen LogP contribution in [0.5, 0.6) is 0 Å². The largest absolute Gasteiger partial charge is 0.354 e. The number of aromatic nitrogens is 2. The van der Waals surface area contributed by atoms with Crippen molar-refractivity contribution in [2.75, 3.05) is 36.4 Å². The van der Waals surface area contributed by atoms with Crippen molar-refractivity contribution in [2.45, 2.75) is 6.54 Å². The maximum Gasteiger partial charge on any atom is 0.270 e.